The quantitative estimate of drug-likeness (QED) is 0.876. The Balaban J connectivity index is 2.50. The van der Waals surface area contributed by atoms with Crippen molar-refractivity contribution < 1.29 is 0 Å². The normalized spacial score (nSPS) is 10.3. The number of aryl methyl sites for hydroxylation is 2. The molecule has 2 rings (SSSR count). The molecule has 2 heterocycles. The Hall–Kier alpha value is -2.07. The molecule has 18 heavy (non-hydrogen) atoms. The number of pyridine rings is 1. The Morgan fingerprint density at radius 2 is 2.22 bits per heavy atom. The van der Waals surface area contributed by atoms with E-state index >= 15 is 0 Å². The summed E-state index contributed by atoms with van der Waals surface area (Å²) in [6, 6.07) is 3.98. The fraction of sp³-hybridized carbons (Fsp3) is 0.273. The SMILES string of the molecule is Cc1cc(C)c(C#N)c(Sc2n[nH]c(=O)n2C)n1. The number of rotatable bonds is 2. The lowest BCUT2D eigenvalue weighted by atomic mass is 10.1. The van der Waals surface area contributed by atoms with Gasteiger partial charge in [0, 0.05) is 12.7 Å². The van der Waals surface area contributed by atoms with Gasteiger partial charge in [0.1, 0.15) is 11.1 Å². The Labute approximate surface area is 108 Å². The average Bonchev–Trinajstić information content (AvgIpc) is 2.60. The predicted molar refractivity (Wildman–Crippen MR) is 66.4 cm³/mol. The molecular weight excluding hydrogens is 250 g/mol. The van der Waals surface area contributed by atoms with Gasteiger partial charge in [-0.3, -0.25) is 4.57 Å². The summed E-state index contributed by atoms with van der Waals surface area (Å²) in [7, 11) is 1.61. The largest absolute Gasteiger partial charge is 0.343 e. The summed E-state index contributed by atoms with van der Waals surface area (Å²) in [5.74, 6) is 0. The second kappa shape index (κ2) is 4.66. The van der Waals surface area contributed by atoms with Gasteiger partial charge in [-0.1, -0.05) is 0 Å². The zero-order valence-corrected chi connectivity index (χ0v) is 11.0. The van der Waals surface area contributed by atoms with Crippen LogP contribution in [0.2, 0.25) is 0 Å². The number of hydrogen-bond donors (Lipinski definition) is 1. The third-order valence-corrected chi connectivity index (χ3v) is 3.49. The van der Waals surface area contributed by atoms with Gasteiger partial charge in [-0.15, -0.1) is 5.10 Å². The van der Waals surface area contributed by atoms with Crippen LogP contribution in [0.15, 0.2) is 21.0 Å². The molecule has 0 aromatic carbocycles. The molecule has 0 unspecified atom stereocenters. The van der Waals surface area contributed by atoms with Gasteiger partial charge >= 0.3 is 5.69 Å². The summed E-state index contributed by atoms with van der Waals surface area (Å²) in [5.41, 5.74) is 1.92. The van der Waals surface area contributed by atoms with Crippen LogP contribution in [-0.2, 0) is 7.05 Å². The van der Waals surface area contributed by atoms with Gasteiger partial charge in [0.25, 0.3) is 0 Å². The molecule has 0 radical (unpaired) electrons. The maximum atomic E-state index is 11.3. The maximum absolute atomic E-state index is 11.3. The predicted octanol–water partition coefficient (Wildman–Crippen LogP) is 1.14. The van der Waals surface area contributed by atoms with E-state index in [2.05, 4.69) is 21.3 Å². The molecule has 0 fully saturated rings. The second-order valence-corrected chi connectivity index (χ2v) is 4.80. The van der Waals surface area contributed by atoms with E-state index in [1.54, 1.807) is 7.05 Å². The Bertz CT molecular complexity index is 694. The number of nitrogens with one attached hydrogen (secondary N) is 1. The Morgan fingerprint density at radius 3 is 2.78 bits per heavy atom. The molecule has 0 saturated carbocycles. The van der Waals surface area contributed by atoms with Crippen molar-refractivity contribution in [3.63, 3.8) is 0 Å². The minimum Gasteiger partial charge on any atom is -0.273 e. The summed E-state index contributed by atoms with van der Waals surface area (Å²) in [5, 5.41) is 16.4. The standard InChI is InChI=1S/C11H11N5OS/c1-6-4-7(2)13-9(8(6)5-12)18-11-15-14-10(17)16(11)3/h4H,1-3H3,(H,14,17). The summed E-state index contributed by atoms with van der Waals surface area (Å²) in [6.07, 6.45) is 0. The highest BCUT2D eigenvalue weighted by Crippen LogP contribution is 2.28. The smallest absolute Gasteiger partial charge is 0.273 e. The van der Waals surface area contributed by atoms with E-state index in [-0.39, 0.29) is 5.69 Å². The number of H-pyrrole nitrogens is 1. The second-order valence-electron chi connectivity index (χ2n) is 3.84. The van der Waals surface area contributed by atoms with Crippen molar-refractivity contribution in [1.29, 1.82) is 5.26 Å². The highest BCUT2D eigenvalue weighted by atomic mass is 32.2. The van der Waals surface area contributed by atoms with Gasteiger partial charge in [0.05, 0.1) is 5.56 Å². The first-order valence-corrected chi connectivity index (χ1v) is 6.02. The van der Waals surface area contributed by atoms with Crippen LogP contribution in [0.25, 0.3) is 0 Å². The summed E-state index contributed by atoms with van der Waals surface area (Å²) in [4.78, 5) is 15.6. The van der Waals surface area contributed by atoms with E-state index in [1.807, 2.05) is 19.9 Å². The van der Waals surface area contributed by atoms with Crippen LogP contribution >= 0.6 is 11.8 Å². The molecule has 0 atom stereocenters. The topological polar surface area (TPSA) is 87.4 Å². The molecule has 7 heteroatoms. The third-order valence-electron chi connectivity index (χ3n) is 2.45. The van der Waals surface area contributed by atoms with E-state index in [1.165, 1.54) is 16.3 Å². The highest BCUT2D eigenvalue weighted by Gasteiger charge is 2.13. The molecule has 0 amide bonds. The molecule has 0 aliphatic carbocycles. The number of aromatic amines is 1. The van der Waals surface area contributed by atoms with Crippen LogP contribution in [0.3, 0.4) is 0 Å². The summed E-state index contributed by atoms with van der Waals surface area (Å²) < 4.78 is 1.38. The molecule has 0 spiro atoms. The van der Waals surface area contributed by atoms with Crippen molar-refractivity contribution in [3.05, 3.63) is 33.4 Å². The minimum absolute atomic E-state index is 0.291. The lowest BCUT2D eigenvalue weighted by Crippen LogP contribution is -2.12. The first-order chi connectivity index (χ1) is 8.52. The number of aromatic nitrogens is 4. The van der Waals surface area contributed by atoms with Gasteiger partial charge < -0.3 is 0 Å². The Kier molecular flexibility index (Phi) is 3.21. The van der Waals surface area contributed by atoms with Gasteiger partial charge in [-0.25, -0.2) is 14.9 Å². The van der Waals surface area contributed by atoms with Crippen LogP contribution in [0.5, 0.6) is 0 Å². The molecule has 0 bridgehead atoms. The number of hydrogen-bond acceptors (Lipinski definition) is 5. The van der Waals surface area contributed by atoms with Crippen molar-refractivity contribution in [2.24, 2.45) is 7.05 Å². The minimum atomic E-state index is -0.291. The van der Waals surface area contributed by atoms with Crippen LogP contribution in [0.1, 0.15) is 16.8 Å². The molecule has 0 aliphatic rings. The van der Waals surface area contributed by atoms with Gasteiger partial charge in [-0.2, -0.15) is 5.26 Å². The first-order valence-electron chi connectivity index (χ1n) is 5.20. The molecule has 6 nitrogen and oxygen atoms in total. The zero-order valence-electron chi connectivity index (χ0n) is 10.2. The third kappa shape index (κ3) is 2.15. The van der Waals surface area contributed by atoms with Crippen molar-refractivity contribution in [2.75, 3.05) is 0 Å². The molecule has 2 aromatic heterocycles. The molecule has 0 saturated heterocycles. The van der Waals surface area contributed by atoms with Crippen molar-refractivity contribution >= 4 is 11.8 Å². The lowest BCUT2D eigenvalue weighted by Gasteiger charge is -2.06. The van der Waals surface area contributed by atoms with E-state index in [9.17, 15) is 4.79 Å². The van der Waals surface area contributed by atoms with Gasteiger partial charge in [-0.05, 0) is 37.2 Å². The molecule has 1 N–H and O–H groups in total. The number of nitriles is 1. The molecular formula is C11H11N5OS. The molecule has 92 valence electrons. The molecule has 2 aromatic rings. The van der Waals surface area contributed by atoms with Crippen molar-refractivity contribution in [1.82, 2.24) is 19.7 Å². The fourth-order valence-corrected chi connectivity index (χ4v) is 2.51. The average molecular weight is 261 g/mol. The fourth-order valence-electron chi connectivity index (χ4n) is 1.52. The van der Waals surface area contributed by atoms with E-state index in [0.29, 0.717) is 15.7 Å². The van der Waals surface area contributed by atoms with Gasteiger partial charge in [0.15, 0.2) is 5.16 Å². The first kappa shape index (κ1) is 12.4. The van der Waals surface area contributed by atoms with Crippen LogP contribution in [0, 0.1) is 25.2 Å². The maximum Gasteiger partial charge on any atom is 0.343 e. The van der Waals surface area contributed by atoms with Crippen LogP contribution < -0.4 is 5.69 Å². The van der Waals surface area contributed by atoms with Gasteiger partial charge in [0.2, 0.25) is 0 Å². The van der Waals surface area contributed by atoms with Crippen LogP contribution in [0.4, 0.5) is 0 Å². The van der Waals surface area contributed by atoms with E-state index in [4.69, 9.17) is 5.26 Å². The zero-order chi connectivity index (χ0) is 13.3. The Morgan fingerprint density at radius 1 is 1.50 bits per heavy atom. The van der Waals surface area contributed by atoms with Crippen molar-refractivity contribution in [2.45, 2.75) is 24.0 Å². The van der Waals surface area contributed by atoms with Crippen molar-refractivity contribution in [3.8, 4) is 6.07 Å². The van der Waals surface area contributed by atoms with Crippen LogP contribution in [-0.4, -0.2) is 19.7 Å². The summed E-state index contributed by atoms with van der Waals surface area (Å²) >= 11 is 1.20. The highest BCUT2D eigenvalue weighted by molar-refractivity contribution is 7.99. The monoisotopic (exact) mass is 261 g/mol. The van der Waals surface area contributed by atoms with E-state index < -0.39 is 0 Å². The lowest BCUT2D eigenvalue weighted by molar-refractivity contribution is 0.764. The molecule has 0 aliphatic heterocycles. The summed E-state index contributed by atoms with van der Waals surface area (Å²) in [6.45, 7) is 3.72. The number of nitrogens with zero attached hydrogens (tertiary/aromatic N) is 4. The van der Waals surface area contributed by atoms with E-state index in [0.717, 1.165) is 11.3 Å².